The number of carbonyl (C=O) groups is 1. The smallest absolute Gasteiger partial charge is 0.269 e. The lowest BCUT2D eigenvalue weighted by molar-refractivity contribution is -0.115. The Morgan fingerprint density at radius 1 is 1.44 bits per heavy atom. The van der Waals surface area contributed by atoms with Gasteiger partial charge in [0.25, 0.3) is 11.5 Å². The molecule has 25 heavy (non-hydrogen) atoms. The molecule has 3 rings (SSSR count). The highest BCUT2D eigenvalue weighted by molar-refractivity contribution is 7.07. The average molecular weight is 353 g/mol. The van der Waals surface area contributed by atoms with Crippen molar-refractivity contribution in [2.24, 2.45) is 0 Å². The molecule has 1 heterocycles. The van der Waals surface area contributed by atoms with Gasteiger partial charge in [0.1, 0.15) is 10.7 Å². The summed E-state index contributed by atoms with van der Waals surface area (Å²) in [6.45, 7) is 4.23. The maximum Gasteiger partial charge on any atom is 0.269 e. The molecule has 1 fully saturated rings. The van der Waals surface area contributed by atoms with Crippen molar-refractivity contribution in [2.45, 2.75) is 39.3 Å². The first-order valence-electron chi connectivity index (χ1n) is 8.27. The van der Waals surface area contributed by atoms with Gasteiger partial charge in [-0.25, -0.2) is 0 Å². The van der Waals surface area contributed by atoms with Crippen LogP contribution in [0, 0.1) is 18.3 Å². The number of amides is 1. The van der Waals surface area contributed by atoms with Crippen LogP contribution in [0.2, 0.25) is 0 Å². The minimum absolute atomic E-state index is 0.0142. The molecule has 0 atom stereocenters. The van der Waals surface area contributed by atoms with Crippen LogP contribution in [0.4, 0.5) is 0 Å². The molecule has 0 unspecified atom stereocenters. The fourth-order valence-corrected chi connectivity index (χ4v) is 3.72. The normalized spacial score (nSPS) is 15.6. The lowest BCUT2D eigenvalue weighted by Crippen LogP contribution is -2.35. The monoisotopic (exact) mass is 353 g/mol. The zero-order valence-electron chi connectivity index (χ0n) is 14.2. The number of nitriles is 1. The van der Waals surface area contributed by atoms with E-state index in [0.29, 0.717) is 15.7 Å². The number of nitrogens with zero attached hydrogens (tertiary/aromatic N) is 2. The minimum Gasteiger partial charge on any atom is -0.349 e. The van der Waals surface area contributed by atoms with E-state index >= 15 is 0 Å². The minimum atomic E-state index is -0.393. The number of aromatic nitrogens is 1. The van der Waals surface area contributed by atoms with Crippen molar-refractivity contribution in [3.8, 4) is 6.07 Å². The van der Waals surface area contributed by atoms with E-state index in [1.165, 1.54) is 15.9 Å². The highest BCUT2D eigenvalue weighted by Gasteiger charge is 2.25. The summed E-state index contributed by atoms with van der Waals surface area (Å²) >= 11 is 1.20. The average Bonchev–Trinajstić information content (AvgIpc) is 3.35. The topological polar surface area (TPSA) is 74.9 Å². The number of benzene rings is 1. The van der Waals surface area contributed by atoms with Crippen molar-refractivity contribution < 1.29 is 4.79 Å². The van der Waals surface area contributed by atoms with E-state index in [-0.39, 0.29) is 17.2 Å². The van der Waals surface area contributed by atoms with E-state index in [1.807, 2.05) is 50.3 Å². The second-order valence-corrected chi connectivity index (χ2v) is 7.09. The second kappa shape index (κ2) is 7.08. The Hall–Kier alpha value is -2.65. The molecule has 128 valence electrons. The third-order valence-corrected chi connectivity index (χ3v) is 5.29. The number of hydrogen-bond acceptors (Lipinski definition) is 4. The van der Waals surface area contributed by atoms with Crippen LogP contribution in [0.5, 0.6) is 0 Å². The molecule has 1 saturated carbocycles. The predicted octanol–water partition coefficient (Wildman–Crippen LogP) is 1.02. The van der Waals surface area contributed by atoms with Crippen molar-refractivity contribution in [1.82, 2.24) is 9.88 Å². The Kier molecular flexibility index (Phi) is 4.86. The molecule has 1 aliphatic rings. The fraction of sp³-hybridized carbons (Fsp3) is 0.316. The molecule has 5 nitrogen and oxygen atoms in total. The van der Waals surface area contributed by atoms with E-state index in [9.17, 15) is 14.9 Å². The zero-order valence-corrected chi connectivity index (χ0v) is 15.0. The first kappa shape index (κ1) is 17.2. The summed E-state index contributed by atoms with van der Waals surface area (Å²) < 4.78 is 2.45. The van der Waals surface area contributed by atoms with Crippen molar-refractivity contribution in [3.63, 3.8) is 0 Å². The van der Waals surface area contributed by atoms with Crippen LogP contribution in [0.15, 0.2) is 29.1 Å². The van der Waals surface area contributed by atoms with Crippen molar-refractivity contribution >= 4 is 28.9 Å². The number of hydrogen-bond donors (Lipinski definition) is 1. The Labute approximate surface area is 149 Å². The molecule has 1 aliphatic carbocycles. The molecule has 0 radical (unpaired) electrons. The SMILES string of the molecule is CCn1c(=O)/c(=C/c2ccccc2C)s/c1=C(\C#N)C(=O)NC1CC1. The van der Waals surface area contributed by atoms with Crippen LogP contribution in [0.25, 0.3) is 11.6 Å². The molecule has 0 saturated heterocycles. The highest BCUT2D eigenvalue weighted by Crippen LogP contribution is 2.19. The van der Waals surface area contributed by atoms with E-state index in [4.69, 9.17) is 0 Å². The molecule has 1 aromatic carbocycles. The predicted molar refractivity (Wildman–Crippen MR) is 98.4 cm³/mol. The third kappa shape index (κ3) is 3.57. The van der Waals surface area contributed by atoms with Crippen molar-refractivity contribution in [2.75, 3.05) is 0 Å². The van der Waals surface area contributed by atoms with Gasteiger partial charge in [-0.2, -0.15) is 5.26 Å². The Morgan fingerprint density at radius 2 is 2.16 bits per heavy atom. The van der Waals surface area contributed by atoms with Gasteiger partial charge in [0, 0.05) is 12.6 Å². The number of nitrogens with one attached hydrogen (secondary N) is 1. The molecule has 1 amide bonds. The lowest BCUT2D eigenvalue weighted by Gasteiger charge is -2.01. The zero-order chi connectivity index (χ0) is 18.0. The van der Waals surface area contributed by atoms with Crippen LogP contribution in [-0.4, -0.2) is 16.5 Å². The maximum atomic E-state index is 12.7. The van der Waals surface area contributed by atoms with Crippen molar-refractivity contribution in [1.29, 1.82) is 5.26 Å². The number of thiazole rings is 1. The second-order valence-electron chi connectivity index (χ2n) is 6.06. The quantitative estimate of drug-likeness (QED) is 0.892. The molecule has 1 N–H and O–H groups in total. The Morgan fingerprint density at radius 3 is 2.76 bits per heavy atom. The molecule has 1 aromatic heterocycles. The molecule has 0 spiro atoms. The summed E-state index contributed by atoms with van der Waals surface area (Å²) in [6, 6.07) is 9.93. The first-order chi connectivity index (χ1) is 12.0. The third-order valence-electron chi connectivity index (χ3n) is 4.16. The van der Waals surface area contributed by atoms with E-state index in [1.54, 1.807) is 0 Å². The van der Waals surface area contributed by atoms with Gasteiger partial charge in [-0.1, -0.05) is 24.3 Å². The molecular formula is C19H19N3O2S. The summed E-state index contributed by atoms with van der Waals surface area (Å²) in [5.41, 5.74) is 1.87. The summed E-state index contributed by atoms with van der Waals surface area (Å²) in [5, 5.41) is 12.3. The highest BCUT2D eigenvalue weighted by atomic mass is 32.1. The summed E-state index contributed by atoms with van der Waals surface area (Å²) in [6.07, 6.45) is 3.72. The van der Waals surface area contributed by atoms with Crippen LogP contribution in [-0.2, 0) is 11.3 Å². The van der Waals surface area contributed by atoms with Gasteiger partial charge in [-0.3, -0.25) is 14.2 Å². The summed E-state index contributed by atoms with van der Waals surface area (Å²) in [5.74, 6) is -0.393. The largest absolute Gasteiger partial charge is 0.349 e. The summed E-state index contributed by atoms with van der Waals surface area (Å²) in [4.78, 5) is 25.0. The first-order valence-corrected chi connectivity index (χ1v) is 9.09. The molecule has 0 aliphatic heterocycles. The van der Waals surface area contributed by atoms with Crippen LogP contribution >= 0.6 is 11.3 Å². The maximum absolute atomic E-state index is 12.7. The van der Waals surface area contributed by atoms with Gasteiger partial charge in [-0.15, -0.1) is 11.3 Å². The van der Waals surface area contributed by atoms with Gasteiger partial charge in [-0.05, 0) is 43.9 Å². The van der Waals surface area contributed by atoms with Gasteiger partial charge >= 0.3 is 0 Å². The van der Waals surface area contributed by atoms with Crippen molar-refractivity contribution in [3.05, 3.63) is 54.9 Å². The molecule has 2 aromatic rings. The van der Waals surface area contributed by atoms with E-state index < -0.39 is 5.91 Å². The Balaban J connectivity index is 2.20. The molecular weight excluding hydrogens is 334 g/mol. The fourth-order valence-electron chi connectivity index (χ4n) is 2.56. The van der Waals surface area contributed by atoms with Gasteiger partial charge < -0.3 is 5.32 Å². The summed E-state index contributed by atoms with van der Waals surface area (Å²) in [7, 11) is 0. The van der Waals surface area contributed by atoms with Crippen LogP contribution in [0.1, 0.15) is 30.9 Å². The molecule has 6 heteroatoms. The number of rotatable bonds is 4. The lowest BCUT2D eigenvalue weighted by atomic mass is 10.1. The van der Waals surface area contributed by atoms with E-state index in [0.717, 1.165) is 24.0 Å². The molecule has 0 bridgehead atoms. The van der Waals surface area contributed by atoms with Gasteiger partial charge in [0.05, 0.1) is 4.53 Å². The standard InChI is InChI=1S/C19H19N3O2S/c1-3-22-18(24)16(10-13-7-5-4-6-12(13)2)25-19(22)15(11-20)17(23)21-14-8-9-14/h4-7,10,14H,3,8-9H2,1-2H3,(H,21,23)/b16-10-,19-15+. The van der Waals surface area contributed by atoms with Gasteiger partial charge in [0.15, 0.2) is 5.57 Å². The number of carbonyl (C=O) groups excluding carboxylic acids is 1. The van der Waals surface area contributed by atoms with Crippen LogP contribution in [0.3, 0.4) is 0 Å². The van der Waals surface area contributed by atoms with Crippen LogP contribution < -0.4 is 20.1 Å². The van der Waals surface area contributed by atoms with E-state index in [2.05, 4.69) is 5.32 Å². The van der Waals surface area contributed by atoms with Gasteiger partial charge in [0.2, 0.25) is 0 Å². The Bertz CT molecular complexity index is 1040. The number of aryl methyl sites for hydroxylation is 1.